The molecule has 17 heavy (non-hydrogen) atoms. The van der Waals surface area contributed by atoms with Gasteiger partial charge in [-0.15, -0.1) is 11.3 Å². The molecular formula is C13H9FN2S. The Kier molecular flexibility index (Phi) is 2.37. The van der Waals surface area contributed by atoms with Crippen molar-refractivity contribution in [2.24, 2.45) is 0 Å². The SMILES string of the molecule is Cc1cc2scnc2nc1-c1ccccc1F. The van der Waals surface area contributed by atoms with Gasteiger partial charge >= 0.3 is 0 Å². The van der Waals surface area contributed by atoms with Crippen LogP contribution in [0.25, 0.3) is 21.6 Å². The Morgan fingerprint density at radius 1 is 1.24 bits per heavy atom. The third-order valence-corrected chi connectivity index (χ3v) is 3.41. The van der Waals surface area contributed by atoms with Gasteiger partial charge in [-0.2, -0.15) is 0 Å². The van der Waals surface area contributed by atoms with Crippen molar-refractivity contribution in [3.05, 3.63) is 47.2 Å². The first-order valence-electron chi connectivity index (χ1n) is 5.21. The molecule has 0 fully saturated rings. The van der Waals surface area contributed by atoms with Crippen molar-refractivity contribution in [2.75, 3.05) is 0 Å². The molecule has 1 aromatic carbocycles. The summed E-state index contributed by atoms with van der Waals surface area (Å²) < 4.78 is 14.8. The highest BCUT2D eigenvalue weighted by molar-refractivity contribution is 7.16. The maximum atomic E-state index is 13.7. The smallest absolute Gasteiger partial charge is 0.170 e. The lowest BCUT2D eigenvalue weighted by atomic mass is 10.1. The molecule has 4 heteroatoms. The zero-order valence-corrected chi connectivity index (χ0v) is 9.96. The van der Waals surface area contributed by atoms with E-state index in [2.05, 4.69) is 9.97 Å². The van der Waals surface area contributed by atoms with E-state index in [4.69, 9.17) is 0 Å². The minimum Gasteiger partial charge on any atom is -0.227 e. The van der Waals surface area contributed by atoms with Gasteiger partial charge in [-0.25, -0.2) is 14.4 Å². The lowest BCUT2D eigenvalue weighted by Crippen LogP contribution is -1.92. The van der Waals surface area contributed by atoms with E-state index in [1.165, 1.54) is 6.07 Å². The van der Waals surface area contributed by atoms with Gasteiger partial charge in [0, 0.05) is 5.56 Å². The fourth-order valence-electron chi connectivity index (χ4n) is 1.82. The van der Waals surface area contributed by atoms with Crippen LogP contribution in [0.1, 0.15) is 5.56 Å². The van der Waals surface area contributed by atoms with Crippen LogP contribution in [-0.4, -0.2) is 9.97 Å². The van der Waals surface area contributed by atoms with Crippen LogP contribution in [0.5, 0.6) is 0 Å². The summed E-state index contributed by atoms with van der Waals surface area (Å²) in [7, 11) is 0. The van der Waals surface area contributed by atoms with Gasteiger partial charge in [0.2, 0.25) is 0 Å². The molecule has 0 aliphatic carbocycles. The van der Waals surface area contributed by atoms with Crippen LogP contribution in [0.3, 0.4) is 0 Å². The number of fused-ring (bicyclic) bond motifs is 1. The molecule has 0 unspecified atom stereocenters. The predicted molar refractivity (Wildman–Crippen MR) is 67.5 cm³/mol. The third-order valence-electron chi connectivity index (χ3n) is 2.64. The summed E-state index contributed by atoms with van der Waals surface area (Å²) in [4.78, 5) is 8.59. The maximum absolute atomic E-state index is 13.7. The first-order valence-corrected chi connectivity index (χ1v) is 6.09. The molecule has 0 radical (unpaired) electrons. The van der Waals surface area contributed by atoms with E-state index >= 15 is 0 Å². The number of hydrogen-bond donors (Lipinski definition) is 0. The normalized spacial score (nSPS) is 10.9. The molecule has 0 N–H and O–H groups in total. The van der Waals surface area contributed by atoms with Gasteiger partial charge in [-0.05, 0) is 30.7 Å². The van der Waals surface area contributed by atoms with E-state index in [0.29, 0.717) is 16.9 Å². The number of nitrogens with zero attached hydrogens (tertiary/aromatic N) is 2. The number of aromatic nitrogens is 2. The summed E-state index contributed by atoms with van der Waals surface area (Å²) in [6.45, 7) is 1.94. The second-order valence-electron chi connectivity index (χ2n) is 3.81. The second-order valence-corrected chi connectivity index (χ2v) is 4.69. The molecule has 0 bridgehead atoms. The number of pyridine rings is 1. The summed E-state index contributed by atoms with van der Waals surface area (Å²) in [6, 6.07) is 8.67. The van der Waals surface area contributed by atoms with Crippen LogP contribution in [0.15, 0.2) is 35.8 Å². The molecule has 84 valence electrons. The molecule has 0 amide bonds. The van der Waals surface area contributed by atoms with E-state index in [-0.39, 0.29) is 5.82 Å². The largest absolute Gasteiger partial charge is 0.227 e. The lowest BCUT2D eigenvalue weighted by Gasteiger charge is -2.05. The average molecular weight is 244 g/mol. The van der Waals surface area contributed by atoms with Crippen LogP contribution < -0.4 is 0 Å². The molecule has 0 aliphatic rings. The van der Waals surface area contributed by atoms with E-state index < -0.39 is 0 Å². The highest BCUT2D eigenvalue weighted by Gasteiger charge is 2.11. The highest BCUT2D eigenvalue weighted by atomic mass is 32.1. The van der Waals surface area contributed by atoms with Crippen molar-refractivity contribution >= 4 is 21.7 Å². The maximum Gasteiger partial charge on any atom is 0.170 e. The fraction of sp³-hybridized carbons (Fsp3) is 0.0769. The average Bonchev–Trinajstić information content (AvgIpc) is 2.76. The number of thiazole rings is 1. The molecule has 2 aromatic heterocycles. The minimum atomic E-state index is -0.252. The van der Waals surface area contributed by atoms with E-state index in [1.54, 1.807) is 29.0 Å². The summed E-state index contributed by atoms with van der Waals surface area (Å²) in [5, 5.41) is 0. The van der Waals surface area contributed by atoms with Crippen molar-refractivity contribution in [3.8, 4) is 11.3 Å². The zero-order valence-electron chi connectivity index (χ0n) is 9.14. The molecule has 3 rings (SSSR count). The van der Waals surface area contributed by atoms with E-state index in [0.717, 1.165) is 10.3 Å². The molecule has 2 nitrogen and oxygen atoms in total. The topological polar surface area (TPSA) is 25.8 Å². The molecule has 0 aliphatic heterocycles. The Bertz CT molecular complexity index is 691. The van der Waals surface area contributed by atoms with E-state index in [1.807, 2.05) is 19.1 Å². The predicted octanol–water partition coefficient (Wildman–Crippen LogP) is 3.81. The van der Waals surface area contributed by atoms with Crippen LogP contribution in [-0.2, 0) is 0 Å². The second kappa shape index (κ2) is 3.89. The highest BCUT2D eigenvalue weighted by Crippen LogP contribution is 2.27. The Morgan fingerprint density at radius 2 is 2.06 bits per heavy atom. The molecule has 0 atom stereocenters. The first-order chi connectivity index (χ1) is 8.25. The standard InChI is InChI=1S/C13H9FN2S/c1-8-6-11-13(15-7-17-11)16-12(8)9-4-2-3-5-10(9)14/h2-7H,1H3. The van der Waals surface area contributed by atoms with Crippen LogP contribution in [0.2, 0.25) is 0 Å². The molecule has 0 saturated carbocycles. The zero-order chi connectivity index (χ0) is 11.8. The minimum absolute atomic E-state index is 0.252. The third kappa shape index (κ3) is 1.70. The molecule has 0 saturated heterocycles. The molecule has 0 spiro atoms. The summed E-state index contributed by atoms with van der Waals surface area (Å²) >= 11 is 1.54. The summed E-state index contributed by atoms with van der Waals surface area (Å²) in [6.07, 6.45) is 0. The van der Waals surface area contributed by atoms with Crippen molar-refractivity contribution in [1.29, 1.82) is 0 Å². The van der Waals surface area contributed by atoms with Crippen molar-refractivity contribution in [2.45, 2.75) is 6.92 Å². The molecule has 2 heterocycles. The van der Waals surface area contributed by atoms with Gasteiger partial charge in [-0.3, -0.25) is 0 Å². The first kappa shape index (κ1) is 10.4. The van der Waals surface area contributed by atoms with Gasteiger partial charge in [0.15, 0.2) is 5.65 Å². The number of hydrogen-bond acceptors (Lipinski definition) is 3. The van der Waals surface area contributed by atoms with Crippen LogP contribution >= 0.6 is 11.3 Å². The number of halogens is 1. The molecule has 3 aromatic rings. The Hall–Kier alpha value is -1.81. The molecular weight excluding hydrogens is 235 g/mol. The summed E-state index contributed by atoms with van der Waals surface area (Å²) in [5.74, 6) is -0.252. The Labute approximate surface area is 102 Å². The number of benzene rings is 1. The number of rotatable bonds is 1. The van der Waals surface area contributed by atoms with E-state index in [9.17, 15) is 4.39 Å². The van der Waals surface area contributed by atoms with Crippen LogP contribution in [0.4, 0.5) is 4.39 Å². The van der Waals surface area contributed by atoms with Gasteiger partial charge in [0.05, 0.1) is 15.9 Å². The quantitative estimate of drug-likeness (QED) is 0.650. The summed E-state index contributed by atoms with van der Waals surface area (Å²) in [5.41, 5.74) is 4.59. The fourth-order valence-corrected chi connectivity index (χ4v) is 2.53. The van der Waals surface area contributed by atoms with Gasteiger partial charge in [0.25, 0.3) is 0 Å². The number of aryl methyl sites for hydroxylation is 1. The van der Waals surface area contributed by atoms with Gasteiger partial charge in [-0.1, -0.05) is 12.1 Å². The van der Waals surface area contributed by atoms with Crippen molar-refractivity contribution in [1.82, 2.24) is 9.97 Å². The van der Waals surface area contributed by atoms with Crippen molar-refractivity contribution < 1.29 is 4.39 Å². The van der Waals surface area contributed by atoms with Gasteiger partial charge in [0.1, 0.15) is 5.82 Å². The van der Waals surface area contributed by atoms with Crippen molar-refractivity contribution in [3.63, 3.8) is 0 Å². The monoisotopic (exact) mass is 244 g/mol. The Morgan fingerprint density at radius 3 is 2.88 bits per heavy atom. The lowest BCUT2D eigenvalue weighted by molar-refractivity contribution is 0.630. The van der Waals surface area contributed by atoms with Gasteiger partial charge < -0.3 is 0 Å². The Balaban J connectivity index is 2.30. The van der Waals surface area contributed by atoms with Crippen LogP contribution in [0, 0.1) is 12.7 Å².